The van der Waals surface area contributed by atoms with Crippen LogP contribution in [0.2, 0.25) is 0 Å². The minimum atomic E-state index is -1.06. The molecule has 2 rings (SSSR count). The zero-order valence-corrected chi connectivity index (χ0v) is 13.9. The maximum atomic E-state index is 11.9. The summed E-state index contributed by atoms with van der Waals surface area (Å²) in [5.74, 6) is -1.56. The van der Waals surface area contributed by atoms with Crippen LogP contribution in [0.15, 0.2) is 24.3 Å². The van der Waals surface area contributed by atoms with E-state index in [9.17, 15) is 14.7 Å². The molecule has 1 aromatic carbocycles. The summed E-state index contributed by atoms with van der Waals surface area (Å²) in [4.78, 5) is 27.0. The van der Waals surface area contributed by atoms with E-state index in [0.29, 0.717) is 5.69 Å². The molecular formula is C17H23N3O3. The number of fused-ring (bicyclic) bond motifs is 1. The van der Waals surface area contributed by atoms with E-state index in [2.05, 4.69) is 15.6 Å². The van der Waals surface area contributed by atoms with Gasteiger partial charge in [-0.15, -0.1) is 0 Å². The highest BCUT2D eigenvalue weighted by Crippen LogP contribution is 2.19. The summed E-state index contributed by atoms with van der Waals surface area (Å²) in [6.45, 7) is 7.29. The van der Waals surface area contributed by atoms with E-state index in [4.69, 9.17) is 0 Å². The van der Waals surface area contributed by atoms with Gasteiger partial charge in [0.25, 0.3) is 0 Å². The number of hydrogen-bond donors (Lipinski definition) is 4. The standard InChI is InChI=1S/C17H23N3O3/c1-10(2)17(4,23)9-18-15(21)16(22)20-13-5-6-14-12(8-13)7-11(3)19-14/h5-8,10,19,23H,9H2,1-4H3,(H,18,21)(H,20,22). The van der Waals surface area contributed by atoms with Gasteiger partial charge in [-0.2, -0.15) is 0 Å². The molecule has 6 nitrogen and oxygen atoms in total. The lowest BCUT2D eigenvalue weighted by molar-refractivity contribution is -0.137. The summed E-state index contributed by atoms with van der Waals surface area (Å²) >= 11 is 0. The van der Waals surface area contributed by atoms with Crippen LogP contribution in [0, 0.1) is 12.8 Å². The molecule has 0 aliphatic rings. The van der Waals surface area contributed by atoms with Crippen LogP contribution in [0.3, 0.4) is 0 Å². The highest BCUT2D eigenvalue weighted by Gasteiger charge is 2.26. The summed E-state index contributed by atoms with van der Waals surface area (Å²) in [7, 11) is 0. The summed E-state index contributed by atoms with van der Waals surface area (Å²) in [5, 5.41) is 16.1. The molecule has 2 aromatic rings. The first kappa shape index (κ1) is 17.0. The van der Waals surface area contributed by atoms with E-state index in [1.165, 1.54) is 0 Å². The van der Waals surface area contributed by atoms with E-state index in [1.807, 2.05) is 32.9 Å². The lowest BCUT2D eigenvalue weighted by Crippen LogP contribution is -2.47. The second-order valence-corrected chi connectivity index (χ2v) is 6.40. The maximum Gasteiger partial charge on any atom is 0.313 e. The van der Waals surface area contributed by atoms with Gasteiger partial charge < -0.3 is 20.7 Å². The number of amides is 2. The quantitative estimate of drug-likeness (QED) is 0.649. The fourth-order valence-electron chi connectivity index (χ4n) is 2.09. The molecule has 0 aliphatic carbocycles. The van der Waals surface area contributed by atoms with Crippen molar-refractivity contribution in [2.24, 2.45) is 5.92 Å². The molecular weight excluding hydrogens is 294 g/mol. The molecule has 0 spiro atoms. The average molecular weight is 317 g/mol. The van der Waals surface area contributed by atoms with Gasteiger partial charge in [-0.3, -0.25) is 9.59 Å². The SMILES string of the molecule is Cc1cc2cc(NC(=O)C(=O)NCC(C)(O)C(C)C)ccc2[nH]1. The number of rotatable bonds is 4. The number of anilines is 1. The van der Waals surface area contributed by atoms with Crippen LogP contribution in [-0.4, -0.2) is 34.1 Å². The molecule has 0 saturated heterocycles. The Kier molecular flexibility index (Phi) is 4.75. The Morgan fingerprint density at radius 1 is 1.26 bits per heavy atom. The highest BCUT2D eigenvalue weighted by molar-refractivity contribution is 6.39. The van der Waals surface area contributed by atoms with Gasteiger partial charge in [0, 0.05) is 28.8 Å². The molecule has 1 heterocycles. The van der Waals surface area contributed by atoms with Gasteiger partial charge in [0.15, 0.2) is 0 Å². The van der Waals surface area contributed by atoms with Crippen LogP contribution >= 0.6 is 0 Å². The Labute approximate surface area is 135 Å². The smallest absolute Gasteiger partial charge is 0.313 e. The molecule has 1 unspecified atom stereocenters. The molecule has 0 fully saturated rings. The van der Waals surface area contributed by atoms with Gasteiger partial charge >= 0.3 is 11.8 Å². The van der Waals surface area contributed by atoms with Crippen LogP contribution in [0.5, 0.6) is 0 Å². The van der Waals surface area contributed by atoms with Crippen LogP contribution in [-0.2, 0) is 9.59 Å². The van der Waals surface area contributed by atoms with Crippen molar-refractivity contribution in [3.63, 3.8) is 0 Å². The van der Waals surface area contributed by atoms with E-state index < -0.39 is 17.4 Å². The van der Waals surface area contributed by atoms with E-state index in [1.54, 1.807) is 19.1 Å². The van der Waals surface area contributed by atoms with Gasteiger partial charge in [-0.25, -0.2) is 0 Å². The molecule has 2 amide bonds. The van der Waals surface area contributed by atoms with Gasteiger partial charge in [0.2, 0.25) is 0 Å². The predicted molar refractivity (Wildman–Crippen MR) is 90.1 cm³/mol. The number of hydrogen-bond acceptors (Lipinski definition) is 3. The minimum Gasteiger partial charge on any atom is -0.388 e. The third-order valence-corrected chi connectivity index (χ3v) is 4.07. The second kappa shape index (κ2) is 6.42. The first-order chi connectivity index (χ1) is 10.7. The number of aryl methyl sites for hydroxylation is 1. The van der Waals surface area contributed by atoms with Crippen molar-refractivity contribution in [1.82, 2.24) is 10.3 Å². The normalized spacial score (nSPS) is 13.8. The van der Waals surface area contributed by atoms with E-state index >= 15 is 0 Å². The number of aromatic amines is 1. The number of H-pyrrole nitrogens is 1. The topological polar surface area (TPSA) is 94.2 Å². The molecule has 6 heteroatoms. The maximum absolute atomic E-state index is 11.9. The lowest BCUT2D eigenvalue weighted by Gasteiger charge is -2.27. The van der Waals surface area contributed by atoms with Crippen molar-refractivity contribution in [2.75, 3.05) is 11.9 Å². The van der Waals surface area contributed by atoms with Gasteiger partial charge in [-0.05, 0) is 44.0 Å². The minimum absolute atomic E-state index is 0.0208. The number of nitrogens with one attached hydrogen (secondary N) is 3. The second-order valence-electron chi connectivity index (χ2n) is 6.40. The highest BCUT2D eigenvalue weighted by atomic mass is 16.3. The van der Waals surface area contributed by atoms with Crippen molar-refractivity contribution in [1.29, 1.82) is 0 Å². The van der Waals surface area contributed by atoms with Crippen LogP contribution in [0.1, 0.15) is 26.5 Å². The van der Waals surface area contributed by atoms with Crippen LogP contribution in [0.4, 0.5) is 5.69 Å². The number of aliphatic hydroxyl groups is 1. The monoisotopic (exact) mass is 317 g/mol. The summed E-state index contributed by atoms with van der Waals surface area (Å²) in [5.41, 5.74) is 1.49. The molecule has 0 saturated carbocycles. The fourth-order valence-corrected chi connectivity index (χ4v) is 2.09. The molecule has 1 atom stereocenters. The Hall–Kier alpha value is -2.34. The largest absolute Gasteiger partial charge is 0.388 e. The molecule has 4 N–H and O–H groups in total. The Balaban J connectivity index is 1.98. The van der Waals surface area contributed by atoms with E-state index in [0.717, 1.165) is 16.6 Å². The number of carbonyl (C=O) groups is 2. The zero-order valence-electron chi connectivity index (χ0n) is 13.9. The number of carbonyl (C=O) groups excluding carboxylic acids is 2. The molecule has 0 bridgehead atoms. The molecule has 0 aliphatic heterocycles. The van der Waals surface area contributed by atoms with Gasteiger partial charge in [0.1, 0.15) is 0 Å². The first-order valence-electron chi connectivity index (χ1n) is 7.60. The van der Waals surface area contributed by atoms with Crippen molar-refractivity contribution in [3.05, 3.63) is 30.0 Å². The Bertz CT molecular complexity index is 732. The van der Waals surface area contributed by atoms with Crippen LogP contribution < -0.4 is 10.6 Å². The predicted octanol–water partition coefficient (Wildman–Crippen LogP) is 1.94. The molecule has 124 valence electrons. The summed E-state index contributed by atoms with van der Waals surface area (Å²) in [6.07, 6.45) is 0. The first-order valence-corrected chi connectivity index (χ1v) is 7.60. The zero-order chi connectivity index (χ0) is 17.2. The molecule has 1 aromatic heterocycles. The van der Waals surface area contributed by atoms with E-state index in [-0.39, 0.29) is 12.5 Å². The Morgan fingerprint density at radius 2 is 1.96 bits per heavy atom. The van der Waals surface area contributed by atoms with Crippen molar-refractivity contribution in [2.45, 2.75) is 33.3 Å². The van der Waals surface area contributed by atoms with Crippen molar-refractivity contribution < 1.29 is 14.7 Å². The average Bonchev–Trinajstić information content (AvgIpc) is 2.83. The van der Waals surface area contributed by atoms with Crippen LogP contribution in [0.25, 0.3) is 10.9 Å². The third-order valence-electron chi connectivity index (χ3n) is 4.07. The Morgan fingerprint density at radius 3 is 2.61 bits per heavy atom. The number of benzene rings is 1. The van der Waals surface area contributed by atoms with Crippen molar-refractivity contribution >= 4 is 28.4 Å². The molecule has 23 heavy (non-hydrogen) atoms. The third kappa shape index (κ3) is 4.10. The van der Waals surface area contributed by atoms with Crippen molar-refractivity contribution in [3.8, 4) is 0 Å². The molecule has 0 radical (unpaired) electrons. The van der Waals surface area contributed by atoms with Gasteiger partial charge in [0.05, 0.1) is 5.60 Å². The lowest BCUT2D eigenvalue weighted by atomic mass is 9.92. The number of aromatic nitrogens is 1. The fraction of sp³-hybridized carbons (Fsp3) is 0.412. The summed E-state index contributed by atoms with van der Waals surface area (Å²) in [6, 6.07) is 7.34. The van der Waals surface area contributed by atoms with Gasteiger partial charge in [-0.1, -0.05) is 13.8 Å². The summed E-state index contributed by atoms with van der Waals surface area (Å²) < 4.78 is 0.